The van der Waals surface area contributed by atoms with E-state index < -0.39 is 0 Å². The van der Waals surface area contributed by atoms with Crippen LogP contribution in [0.3, 0.4) is 0 Å². The van der Waals surface area contributed by atoms with E-state index in [0.29, 0.717) is 6.10 Å². The SMILES string of the molecule is CCOC1CC(N)(CN(CC)CCOC)C1(C)C. The van der Waals surface area contributed by atoms with Crippen LogP contribution in [0.5, 0.6) is 0 Å². The number of methoxy groups -OCH3 is 1. The minimum absolute atomic E-state index is 0.0451. The monoisotopic (exact) mass is 258 g/mol. The van der Waals surface area contributed by atoms with E-state index in [4.69, 9.17) is 15.2 Å². The number of hydrogen-bond donors (Lipinski definition) is 1. The van der Waals surface area contributed by atoms with Crippen molar-refractivity contribution in [2.24, 2.45) is 11.1 Å². The Hall–Kier alpha value is -0.160. The Kier molecular flexibility index (Phi) is 5.59. The van der Waals surface area contributed by atoms with Crippen LogP contribution in [0.1, 0.15) is 34.1 Å². The molecular weight excluding hydrogens is 228 g/mol. The first-order valence-electron chi connectivity index (χ1n) is 7.03. The molecule has 1 aliphatic carbocycles. The highest BCUT2D eigenvalue weighted by atomic mass is 16.5. The van der Waals surface area contributed by atoms with Crippen molar-refractivity contribution in [1.82, 2.24) is 4.90 Å². The third-order valence-corrected chi connectivity index (χ3v) is 4.57. The highest BCUT2D eigenvalue weighted by Crippen LogP contribution is 2.49. The Morgan fingerprint density at radius 3 is 2.44 bits per heavy atom. The second-order valence-corrected chi connectivity index (χ2v) is 5.89. The van der Waals surface area contributed by atoms with Gasteiger partial charge in [-0.15, -0.1) is 0 Å². The first kappa shape index (κ1) is 15.9. The van der Waals surface area contributed by atoms with Crippen LogP contribution in [0.2, 0.25) is 0 Å². The molecule has 1 saturated carbocycles. The molecule has 0 heterocycles. The van der Waals surface area contributed by atoms with E-state index in [1.54, 1.807) is 7.11 Å². The Bertz CT molecular complexity index is 258. The van der Waals surface area contributed by atoms with Crippen LogP contribution in [0.4, 0.5) is 0 Å². The van der Waals surface area contributed by atoms with Crippen molar-refractivity contribution in [1.29, 1.82) is 0 Å². The average Bonchev–Trinajstić information content (AvgIpc) is 2.34. The molecule has 0 aliphatic heterocycles. The summed E-state index contributed by atoms with van der Waals surface area (Å²) < 4.78 is 10.9. The van der Waals surface area contributed by atoms with Gasteiger partial charge in [-0.3, -0.25) is 4.90 Å². The van der Waals surface area contributed by atoms with Gasteiger partial charge in [0.05, 0.1) is 12.7 Å². The molecule has 108 valence electrons. The second-order valence-electron chi connectivity index (χ2n) is 5.89. The molecule has 2 unspecified atom stereocenters. The maximum atomic E-state index is 6.59. The molecule has 18 heavy (non-hydrogen) atoms. The molecule has 2 N–H and O–H groups in total. The quantitative estimate of drug-likeness (QED) is 0.716. The van der Waals surface area contributed by atoms with Gasteiger partial charge >= 0.3 is 0 Å². The van der Waals surface area contributed by atoms with Crippen LogP contribution in [0, 0.1) is 5.41 Å². The molecule has 1 rings (SSSR count). The fourth-order valence-electron chi connectivity index (χ4n) is 2.74. The second kappa shape index (κ2) is 6.33. The van der Waals surface area contributed by atoms with Crippen molar-refractivity contribution < 1.29 is 9.47 Å². The van der Waals surface area contributed by atoms with E-state index in [2.05, 4.69) is 25.7 Å². The van der Waals surface area contributed by atoms with Gasteiger partial charge in [0.15, 0.2) is 0 Å². The summed E-state index contributed by atoms with van der Waals surface area (Å²) in [7, 11) is 1.74. The number of ether oxygens (including phenoxy) is 2. The molecule has 0 aromatic heterocycles. The summed E-state index contributed by atoms with van der Waals surface area (Å²) >= 11 is 0. The number of hydrogen-bond acceptors (Lipinski definition) is 4. The number of rotatable bonds is 8. The fraction of sp³-hybridized carbons (Fsp3) is 1.00. The summed E-state index contributed by atoms with van der Waals surface area (Å²) in [4.78, 5) is 2.37. The lowest BCUT2D eigenvalue weighted by Gasteiger charge is -2.60. The predicted octanol–water partition coefficient (Wildman–Crippen LogP) is 1.49. The molecule has 0 aromatic rings. The summed E-state index contributed by atoms with van der Waals surface area (Å²) in [6.07, 6.45) is 1.26. The van der Waals surface area contributed by atoms with Gasteiger partial charge < -0.3 is 15.2 Å². The predicted molar refractivity (Wildman–Crippen MR) is 74.7 cm³/mol. The zero-order valence-electron chi connectivity index (χ0n) is 12.7. The molecule has 2 atom stereocenters. The van der Waals surface area contributed by atoms with Crippen LogP contribution in [-0.2, 0) is 9.47 Å². The van der Waals surface area contributed by atoms with Gasteiger partial charge in [0.2, 0.25) is 0 Å². The Balaban J connectivity index is 2.55. The molecule has 0 aromatic carbocycles. The van der Waals surface area contributed by atoms with Gasteiger partial charge in [-0.25, -0.2) is 0 Å². The first-order chi connectivity index (χ1) is 8.41. The van der Waals surface area contributed by atoms with E-state index in [1.165, 1.54) is 0 Å². The van der Waals surface area contributed by atoms with Crippen LogP contribution < -0.4 is 5.73 Å². The Morgan fingerprint density at radius 1 is 1.33 bits per heavy atom. The number of nitrogens with two attached hydrogens (primary N) is 1. The minimum atomic E-state index is -0.142. The average molecular weight is 258 g/mol. The van der Waals surface area contributed by atoms with Crippen molar-refractivity contribution in [3.05, 3.63) is 0 Å². The minimum Gasteiger partial charge on any atom is -0.383 e. The summed E-state index contributed by atoms with van der Waals surface area (Å²) in [5.41, 5.74) is 6.49. The molecule has 1 aliphatic rings. The lowest BCUT2D eigenvalue weighted by molar-refractivity contribution is -0.156. The van der Waals surface area contributed by atoms with Gasteiger partial charge in [0.1, 0.15) is 0 Å². The molecule has 0 saturated heterocycles. The topological polar surface area (TPSA) is 47.7 Å². The zero-order valence-corrected chi connectivity index (χ0v) is 12.7. The van der Waals surface area contributed by atoms with Gasteiger partial charge in [0, 0.05) is 37.8 Å². The molecule has 4 nitrogen and oxygen atoms in total. The third kappa shape index (κ3) is 3.05. The van der Waals surface area contributed by atoms with E-state index >= 15 is 0 Å². The van der Waals surface area contributed by atoms with Crippen LogP contribution >= 0.6 is 0 Å². The molecule has 0 bridgehead atoms. The lowest BCUT2D eigenvalue weighted by atomic mass is 9.54. The summed E-state index contributed by atoms with van der Waals surface area (Å²) in [5, 5.41) is 0. The molecule has 1 fully saturated rings. The highest BCUT2D eigenvalue weighted by Gasteiger charge is 2.58. The summed E-state index contributed by atoms with van der Waals surface area (Å²) in [5.74, 6) is 0. The van der Waals surface area contributed by atoms with Crippen LogP contribution in [0.15, 0.2) is 0 Å². The van der Waals surface area contributed by atoms with Crippen LogP contribution in [0.25, 0.3) is 0 Å². The van der Waals surface area contributed by atoms with Crippen molar-refractivity contribution in [2.45, 2.75) is 45.8 Å². The van der Waals surface area contributed by atoms with Crippen molar-refractivity contribution in [3.8, 4) is 0 Å². The van der Waals surface area contributed by atoms with Gasteiger partial charge in [-0.05, 0) is 19.9 Å². The Labute approximate surface area is 112 Å². The molecule has 4 heteroatoms. The maximum absolute atomic E-state index is 6.59. The van der Waals surface area contributed by atoms with Crippen molar-refractivity contribution >= 4 is 0 Å². The van der Waals surface area contributed by atoms with Gasteiger partial charge in [0.25, 0.3) is 0 Å². The molecule has 0 amide bonds. The molecule has 0 radical (unpaired) electrons. The normalized spacial score (nSPS) is 30.5. The van der Waals surface area contributed by atoms with Crippen molar-refractivity contribution in [2.75, 3.05) is 40.0 Å². The van der Waals surface area contributed by atoms with Gasteiger partial charge in [-0.1, -0.05) is 20.8 Å². The van der Waals surface area contributed by atoms with Crippen LogP contribution in [-0.4, -0.2) is 56.5 Å². The third-order valence-electron chi connectivity index (χ3n) is 4.57. The first-order valence-corrected chi connectivity index (χ1v) is 7.03. The van der Waals surface area contributed by atoms with E-state index in [-0.39, 0.29) is 11.0 Å². The Morgan fingerprint density at radius 2 is 2.00 bits per heavy atom. The standard InChI is InChI=1S/C14H30N2O2/c1-6-16(8-9-17-5)11-14(15)10-12(18-7-2)13(14,3)4/h12H,6-11,15H2,1-5H3. The summed E-state index contributed by atoms with van der Waals surface area (Å²) in [6.45, 7) is 13.1. The molecule has 0 spiro atoms. The maximum Gasteiger partial charge on any atom is 0.0662 e. The lowest BCUT2D eigenvalue weighted by Crippen LogP contribution is -2.73. The largest absolute Gasteiger partial charge is 0.383 e. The van der Waals surface area contributed by atoms with E-state index in [1.807, 2.05) is 6.92 Å². The fourth-order valence-corrected chi connectivity index (χ4v) is 2.74. The van der Waals surface area contributed by atoms with E-state index in [0.717, 1.165) is 39.3 Å². The van der Waals surface area contributed by atoms with Gasteiger partial charge in [-0.2, -0.15) is 0 Å². The smallest absolute Gasteiger partial charge is 0.0662 e. The zero-order chi connectivity index (χ0) is 13.8. The number of likely N-dealkylation sites (N-methyl/N-ethyl adjacent to an activating group) is 1. The summed E-state index contributed by atoms with van der Waals surface area (Å²) in [6, 6.07) is 0. The number of nitrogens with zero attached hydrogens (tertiary/aromatic N) is 1. The van der Waals surface area contributed by atoms with E-state index in [9.17, 15) is 0 Å². The highest BCUT2D eigenvalue weighted by molar-refractivity contribution is 5.14. The van der Waals surface area contributed by atoms with Crippen molar-refractivity contribution in [3.63, 3.8) is 0 Å². The molecular formula is C14H30N2O2.